The highest BCUT2D eigenvalue weighted by atomic mass is 15.0. The maximum absolute atomic E-state index is 2.49. The van der Waals surface area contributed by atoms with Crippen molar-refractivity contribution in [1.29, 1.82) is 0 Å². The van der Waals surface area contributed by atoms with Crippen molar-refractivity contribution in [2.24, 2.45) is 0 Å². The number of hydrogen-bond acceptors (Lipinski definition) is 0. The van der Waals surface area contributed by atoms with E-state index in [1.165, 1.54) is 111 Å². The van der Waals surface area contributed by atoms with Gasteiger partial charge in [-0.05, 0) is 114 Å². The molecule has 2 aliphatic carbocycles. The van der Waals surface area contributed by atoms with Gasteiger partial charge in [-0.2, -0.15) is 0 Å². The molecule has 0 amide bonds. The Kier molecular flexibility index (Phi) is 6.53. The van der Waals surface area contributed by atoms with Gasteiger partial charge in [0.15, 0.2) is 0 Å². The highest BCUT2D eigenvalue weighted by molar-refractivity contribution is 6.11. The van der Waals surface area contributed by atoms with Crippen molar-refractivity contribution >= 4 is 32.6 Å². The van der Waals surface area contributed by atoms with Gasteiger partial charge in [0, 0.05) is 22.1 Å². The number of rotatable bonds is 4. The summed E-state index contributed by atoms with van der Waals surface area (Å²) < 4.78 is 2.49. The van der Waals surface area contributed by atoms with E-state index >= 15 is 0 Å². The van der Waals surface area contributed by atoms with Gasteiger partial charge in [-0.25, -0.2) is 0 Å². The lowest BCUT2D eigenvalue weighted by Crippen LogP contribution is -1.99. The van der Waals surface area contributed by atoms with Crippen LogP contribution in [0.25, 0.3) is 82.8 Å². The number of fused-ring (bicyclic) bond motifs is 10. The fourth-order valence-electron chi connectivity index (χ4n) is 9.86. The molecule has 1 heteroatoms. The van der Waals surface area contributed by atoms with E-state index in [0.717, 1.165) is 6.42 Å². The summed E-state index contributed by atoms with van der Waals surface area (Å²) in [6, 6.07) is 72.4. The predicted molar refractivity (Wildman–Crippen MR) is 230 cm³/mol. The van der Waals surface area contributed by atoms with Crippen molar-refractivity contribution in [3.63, 3.8) is 0 Å². The fourth-order valence-corrected chi connectivity index (χ4v) is 9.86. The summed E-state index contributed by atoms with van der Waals surface area (Å²) in [6.45, 7) is 0. The van der Waals surface area contributed by atoms with Crippen molar-refractivity contribution < 1.29 is 0 Å². The lowest BCUT2D eigenvalue weighted by atomic mass is 9.88. The lowest BCUT2D eigenvalue weighted by Gasteiger charge is -2.16. The first-order valence-electron chi connectivity index (χ1n) is 19.3. The highest BCUT2D eigenvalue weighted by Crippen LogP contribution is 2.49. The molecule has 0 saturated heterocycles. The first-order valence-corrected chi connectivity index (χ1v) is 19.3. The zero-order valence-corrected chi connectivity index (χ0v) is 30.2. The molecule has 1 atom stereocenters. The summed E-state index contributed by atoms with van der Waals surface area (Å²) >= 11 is 0. The summed E-state index contributed by atoms with van der Waals surface area (Å²) in [4.78, 5) is 0. The normalized spacial score (nSPS) is 13.9. The van der Waals surface area contributed by atoms with E-state index in [-0.39, 0.29) is 5.92 Å². The monoisotopic (exact) mass is 697 g/mol. The van der Waals surface area contributed by atoms with Gasteiger partial charge in [0.25, 0.3) is 0 Å². The molecule has 256 valence electrons. The predicted octanol–water partition coefficient (Wildman–Crippen LogP) is 14.0. The molecular formula is C54H35N. The average molecular weight is 698 g/mol. The number of benzene rings is 9. The molecule has 9 aromatic carbocycles. The molecule has 0 spiro atoms. The average Bonchev–Trinajstić information content (AvgIpc) is 3.91. The maximum atomic E-state index is 2.49. The Morgan fingerprint density at radius 1 is 0.382 bits per heavy atom. The van der Waals surface area contributed by atoms with Crippen LogP contribution >= 0.6 is 0 Å². The molecule has 1 unspecified atom stereocenters. The number of nitrogens with zero attached hydrogens (tertiary/aromatic N) is 1. The largest absolute Gasteiger partial charge is 0.309 e. The van der Waals surface area contributed by atoms with E-state index in [1.54, 1.807) is 0 Å². The Labute approximate surface area is 320 Å². The third kappa shape index (κ3) is 4.54. The van der Waals surface area contributed by atoms with E-state index in [0.29, 0.717) is 0 Å². The van der Waals surface area contributed by atoms with Gasteiger partial charge >= 0.3 is 0 Å². The standard InChI is InChI=1S/C54H35N/c1-2-12-34(13-3-1)54-48-19-7-6-17-44(48)45-28-24-35(31-50(45)54)36-25-29-47-46-18-8-9-22-52(46)55(53(47)33-36)51-23-10-15-37-30-39(26-27-42(37)51)41-20-11-21-43-40-16-5-4-14-38(40)32-49(41)43/h1-31,33,54H,32H2. The Morgan fingerprint density at radius 2 is 1.05 bits per heavy atom. The second-order valence-electron chi connectivity index (χ2n) is 15.2. The van der Waals surface area contributed by atoms with Gasteiger partial charge in [0.05, 0.1) is 16.7 Å². The molecular weight excluding hydrogens is 663 g/mol. The molecule has 0 saturated carbocycles. The van der Waals surface area contributed by atoms with Crippen LogP contribution in [-0.2, 0) is 6.42 Å². The van der Waals surface area contributed by atoms with Gasteiger partial charge in [0.2, 0.25) is 0 Å². The highest BCUT2D eigenvalue weighted by Gasteiger charge is 2.30. The Hall–Kier alpha value is -6.96. The minimum absolute atomic E-state index is 0.218. The minimum Gasteiger partial charge on any atom is -0.309 e. The first kappa shape index (κ1) is 30.5. The second kappa shape index (κ2) is 11.8. The van der Waals surface area contributed by atoms with E-state index in [9.17, 15) is 0 Å². The van der Waals surface area contributed by atoms with Gasteiger partial charge < -0.3 is 4.57 Å². The summed E-state index contributed by atoms with van der Waals surface area (Å²) in [5.41, 5.74) is 21.1. The Morgan fingerprint density at radius 3 is 2.00 bits per heavy atom. The summed E-state index contributed by atoms with van der Waals surface area (Å²) in [5, 5.41) is 5.03. The van der Waals surface area contributed by atoms with Gasteiger partial charge in [-0.1, -0.05) is 164 Å². The Bertz CT molecular complexity index is 3180. The molecule has 0 bridgehead atoms. The van der Waals surface area contributed by atoms with Crippen LogP contribution in [0.1, 0.15) is 33.7 Å². The van der Waals surface area contributed by atoms with Crippen molar-refractivity contribution in [2.75, 3.05) is 0 Å². The zero-order valence-electron chi connectivity index (χ0n) is 30.2. The molecule has 0 fully saturated rings. The van der Waals surface area contributed by atoms with Crippen LogP contribution in [0, 0.1) is 0 Å². The van der Waals surface area contributed by atoms with Crippen LogP contribution in [0.15, 0.2) is 194 Å². The van der Waals surface area contributed by atoms with Gasteiger partial charge in [-0.3, -0.25) is 0 Å². The van der Waals surface area contributed by atoms with E-state index in [4.69, 9.17) is 0 Å². The molecule has 0 N–H and O–H groups in total. The summed E-state index contributed by atoms with van der Waals surface area (Å²) in [7, 11) is 0. The third-order valence-electron chi connectivity index (χ3n) is 12.3. The fraction of sp³-hybridized carbons (Fsp3) is 0.0370. The van der Waals surface area contributed by atoms with Crippen molar-refractivity contribution in [3.05, 3.63) is 222 Å². The molecule has 1 heterocycles. The van der Waals surface area contributed by atoms with Crippen LogP contribution in [0.4, 0.5) is 0 Å². The second-order valence-corrected chi connectivity index (χ2v) is 15.2. The van der Waals surface area contributed by atoms with Crippen LogP contribution in [0.5, 0.6) is 0 Å². The maximum Gasteiger partial charge on any atom is 0.0547 e. The van der Waals surface area contributed by atoms with Crippen molar-refractivity contribution in [3.8, 4) is 50.2 Å². The van der Waals surface area contributed by atoms with Crippen molar-refractivity contribution in [2.45, 2.75) is 12.3 Å². The van der Waals surface area contributed by atoms with Crippen LogP contribution in [0.2, 0.25) is 0 Å². The zero-order chi connectivity index (χ0) is 36.0. The molecule has 1 nitrogen and oxygen atoms in total. The van der Waals surface area contributed by atoms with E-state index in [1.807, 2.05) is 0 Å². The molecule has 1 aromatic heterocycles. The smallest absolute Gasteiger partial charge is 0.0547 e. The van der Waals surface area contributed by atoms with Gasteiger partial charge in [0.1, 0.15) is 0 Å². The molecule has 0 radical (unpaired) electrons. The number of hydrogen-bond donors (Lipinski definition) is 0. The molecule has 55 heavy (non-hydrogen) atoms. The molecule has 2 aliphatic rings. The SMILES string of the molecule is c1ccc(C2c3ccccc3-c3ccc(-c4ccc5c6ccccc6n(-c6cccc7cc(-c8cccc9c8Cc8ccccc8-9)ccc67)c5c4)cc32)cc1. The lowest BCUT2D eigenvalue weighted by molar-refractivity contribution is 1.02. The molecule has 0 aliphatic heterocycles. The van der Waals surface area contributed by atoms with Gasteiger partial charge in [-0.15, -0.1) is 0 Å². The molecule has 10 aromatic rings. The van der Waals surface area contributed by atoms with E-state index < -0.39 is 0 Å². The topological polar surface area (TPSA) is 4.93 Å². The summed E-state index contributed by atoms with van der Waals surface area (Å²) in [6.07, 6.45) is 0.980. The summed E-state index contributed by atoms with van der Waals surface area (Å²) in [5.74, 6) is 0.218. The Balaban J connectivity index is 1.01. The van der Waals surface area contributed by atoms with E-state index in [2.05, 4.69) is 199 Å². The quantitative estimate of drug-likeness (QED) is 0.173. The number of aromatic nitrogens is 1. The minimum atomic E-state index is 0.218. The number of para-hydroxylation sites is 1. The molecule has 12 rings (SSSR count). The van der Waals surface area contributed by atoms with Crippen LogP contribution in [-0.4, -0.2) is 4.57 Å². The van der Waals surface area contributed by atoms with Crippen LogP contribution in [0.3, 0.4) is 0 Å². The first-order chi connectivity index (χ1) is 27.3. The van der Waals surface area contributed by atoms with Crippen LogP contribution < -0.4 is 0 Å². The van der Waals surface area contributed by atoms with Crippen molar-refractivity contribution in [1.82, 2.24) is 4.57 Å². The third-order valence-corrected chi connectivity index (χ3v) is 12.3.